The molecule has 1 atom stereocenters. The van der Waals surface area contributed by atoms with Gasteiger partial charge in [0.25, 0.3) is 0 Å². The van der Waals surface area contributed by atoms with Gasteiger partial charge in [-0.2, -0.15) is 5.26 Å². The number of hydrogen-bond acceptors (Lipinski definition) is 4. The minimum absolute atomic E-state index is 0.331. The number of methoxy groups -OCH3 is 3. The average molecular weight is 366 g/mol. The van der Waals surface area contributed by atoms with Gasteiger partial charge in [-0.3, -0.25) is 0 Å². The first-order valence-electron chi connectivity index (χ1n) is 8.94. The summed E-state index contributed by atoms with van der Waals surface area (Å²) in [6.45, 7) is 0. The van der Waals surface area contributed by atoms with E-state index in [-0.39, 0.29) is 0 Å². The molecule has 4 nitrogen and oxygen atoms in total. The molecule has 0 heterocycles. The van der Waals surface area contributed by atoms with Crippen molar-refractivity contribution in [3.05, 3.63) is 17.7 Å². The van der Waals surface area contributed by atoms with Crippen molar-refractivity contribution >= 4 is 11.6 Å². The van der Waals surface area contributed by atoms with Gasteiger partial charge >= 0.3 is 0 Å². The van der Waals surface area contributed by atoms with Gasteiger partial charge in [0.05, 0.1) is 32.8 Å². The first-order chi connectivity index (χ1) is 12.2. The molecule has 1 saturated carbocycles. The van der Waals surface area contributed by atoms with Gasteiger partial charge in [0.2, 0.25) is 5.75 Å². The van der Waals surface area contributed by atoms with Crippen LogP contribution in [0.3, 0.4) is 0 Å². The van der Waals surface area contributed by atoms with Crippen LogP contribution < -0.4 is 14.2 Å². The molecule has 0 aromatic heterocycles. The fraction of sp³-hybridized carbons (Fsp3) is 0.650. The molecule has 0 N–H and O–H groups in total. The van der Waals surface area contributed by atoms with Crippen LogP contribution in [0.15, 0.2) is 12.1 Å². The van der Waals surface area contributed by atoms with E-state index in [2.05, 4.69) is 6.07 Å². The van der Waals surface area contributed by atoms with Gasteiger partial charge in [-0.1, -0.05) is 19.3 Å². The zero-order valence-corrected chi connectivity index (χ0v) is 16.2. The van der Waals surface area contributed by atoms with Crippen molar-refractivity contribution in [2.75, 3.05) is 27.2 Å². The lowest BCUT2D eigenvalue weighted by atomic mass is 9.63. The van der Waals surface area contributed by atoms with Gasteiger partial charge < -0.3 is 14.2 Å². The first-order valence-corrected chi connectivity index (χ1v) is 9.48. The van der Waals surface area contributed by atoms with E-state index in [9.17, 15) is 5.26 Å². The molecule has 0 amide bonds. The molecule has 0 radical (unpaired) electrons. The van der Waals surface area contributed by atoms with E-state index in [0.717, 1.165) is 31.2 Å². The number of alkyl halides is 1. The van der Waals surface area contributed by atoms with Crippen LogP contribution in [0.25, 0.3) is 0 Å². The fourth-order valence-corrected chi connectivity index (χ4v) is 4.21. The number of ether oxygens (including phenoxy) is 3. The zero-order chi connectivity index (χ0) is 18.3. The van der Waals surface area contributed by atoms with Crippen molar-refractivity contribution in [3.63, 3.8) is 0 Å². The lowest BCUT2D eigenvalue weighted by molar-refractivity contribution is 0.236. The van der Waals surface area contributed by atoms with E-state index in [1.165, 1.54) is 19.3 Å². The molecule has 1 aliphatic rings. The van der Waals surface area contributed by atoms with Crippen molar-refractivity contribution in [3.8, 4) is 23.3 Å². The molecule has 0 bridgehead atoms. The van der Waals surface area contributed by atoms with E-state index >= 15 is 0 Å². The second-order valence-electron chi connectivity index (χ2n) is 6.62. The van der Waals surface area contributed by atoms with E-state index < -0.39 is 5.41 Å². The number of nitrogens with zero attached hydrogens (tertiary/aromatic N) is 1. The molecule has 2 rings (SSSR count). The second kappa shape index (κ2) is 9.20. The van der Waals surface area contributed by atoms with Gasteiger partial charge in [-0.25, -0.2) is 0 Å². The van der Waals surface area contributed by atoms with Crippen LogP contribution in [0.1, 0.15) is 50.5 Å². The van der Waals surface area contributed by atoms with Crippen molar-refractivity contribution in [1.82, 2.24) is 0 Å². The standard InChI is InChI=1S/C20H28ClNO3/c1-23-17-12-16(13-18(24-2)19(17)25-3)20(14-22,10-7-11-21)15-8-5-4-6-9-15/h12-13,15H,4-11H2,1-3H3. The predicted octanol–water partition coefficient (Wildman–Crippen LogP) is 5.07. The Bertz CT molecular complexity index is 582. The number of halogens is 1. The molecule has 1 aliphatic carbocycles. The molecule has 5 heteroatoms. The Hall–Kier alpha value is -1.60. The highest BCUT2D eigenvalue weighted by molar-refractivity contribution is 6.17. The van der Waals surface area contributed by atoms with Gasteiger partial charge in [-0.15, -0.1) is 11.6 Å². The third kappa shape index (κ3) is 3.98. The number of rotatable bonds is 8. The zero-order valence-electron chi connectivity index (χ0n) is 15.4. The third-order valence-corrected chi connectivity index (χ3v) is 5.65. The molecular formula is C20H28ClNO3. The summed E-state index contributed by atoms with van der Waals surface area (Å²) in [4.78, 5) is 0. The van der Waals surface area contributed by atoms with E-state index in [1.807, 2.05) is 12.1 Å². The monoisotopic (exact) mass is 365 g/mol. The second-order valence-corrected chi connectivity index (χ2v) is 7.00. The summed E-state index contributed by atoms with van der Waals surface area (Å²) in [5, 5.41) is 10.3. The number of hydrogen-bond donors (Lipinski definition) is 0. The summed E-state index contributed by atoms with van der Waals surface area (Å²) >= 11 is 5.98. The fourth-order valence-electron chi connectivity index (χ4n) is 4.08. The number of nitriles is 1. The SMILES string of the molecule is COc1cc(C(C#N)(CCCCl)C2CCCCC2)cc(OC)c1OC. The largest absolute Gasteiger partial charge is 0.493 e. The minimum Gasteiger partial charge on any atom is -0.493 e. The molecule has 0 aliphatic heterocycles. The highest BCUT2D eigenvalue weighted by Crippen LogP contribution is 2.48. The summed E-state index contributed by atoms with van der Waals surface area (Å²) in [6.07, 6.45) is 7.32. The first kappa shape index (κ1) is 19.7. The summed E-state index contributed by atoms with van der Waals surface area (Å²) in [5.74, 6) is 2.63. The summed E-state index contributed by atoms with van der Waals surface area (Å²) in [6, 6.07) is 6.54. The maximum Gasteiger partial charge on any atom is 0.203 e. The maximum absolute atomic E-state index is 10.3. The van der Waals surface area contributed by atoms with Crippen LogP contribution in [0.5, 0.6) is 17.2 Å². The quantitative estimate of drug-likeness (QED) is 0.603. The van der Waals surface area contributed by atoms with Crippen LogP contribution in [0.4, 0.5) is 0 Å². The molecule has 25 heavy (non-hydrogen) atoms. The van der Waals surface area contributed by atoms with Crippen LogP contribution >= 0.6 is 11.6 Å². The lowest BCUT2D eigenvalue weighted by Crippen LogP contribution is -2.35. The Morgan fingerprint density at radius 3 is 2.12 bits per heavy atom. The molecule has 138 valence electrons. The lowest BCUT2D eigenvalue weighted by Gasteiger charge is -2.38. The van der Waals surface area contributed by atoms with Crippen LogP contribution in [-0.4, -0.2) is 27.2 Å². The summed E-state index contributed by atoms with van der Waals surface area (Å²) in [7, 11) is 4.80. The summed E-state index contributed by atoms with van der Waals surface area (Å²) < 4.78 is 16.5. The van der Waals surface area contributed by atoms with Crippen molar-refractivity contribution in [1.29, 1.82) is 5.26 Å². The Morgan fingerprint density at radius 1 is 1.08 bits per heavy atom. The topological polar surface area (TPSA) is 51.5 Å². The Kier molecular flexibility index (Phi) is 7.25. The van der Waals surface area contributed by atoms with E-state index in [4.69, 9.17) is 25.8 Å². The van der Waals surface area contributed by atoms with Gasteiger partial charge in [0, 0.05) is 5.88 Å². The van der Waals surface area contributed by atoms with Crippen LogP contribution in [0.2, 0.25) is 0 Å². The molecule has 1 fully saturated rings. The van der Waals surface area contributed by atoms with Crippen LogP contribution in [0, 0.1) is 17.2 Å². The molecule has 0 saturated heterocycles. The van der Waals surface area contributed by atoms with Crippen molar-refractivity contribution in [2.45, 2.75) is 50.4 Å². The predicted molar refractivity (Wildman–Crippen MR) is 99.9 cm³/mol. The third-order valence-electron chi connectivity index (χ3n) is 5.39. The Balaban J connectivity index is 2.58. The van der Waals surface area contributed by atoms with Gasteiger partial charge in [0.15, 0.2) is 11.5 Å². The molecule has 1 unspecified atom stereocenters. The Labute approximate surface area is 156 Å². The highest BCUT2D eigenvalue weighted by Gasteiger charge is 2.41. The van der Waals surface area contributed by atoms with Crippen molar-refractivity contribution in [2.24, 2.45) is 5.92 Å². The molecule has 1 aromatic rings. The maximum atomic E-state index is 10.3. The average Bonchev–Trinajstić information content (AvgIpc) is 2.68. The number of benzene rings is 1. The molecule has 1 aromatic carbocycles. The smallest absolute Gasteiger partial charge is 0.203 e. The van der Waals surface area contributed by atoms with Gasteiger partial charge in [0.1, 0.15) is 0 Å². The minimum atomic E-state index is -0.567. The van der Waals surface area contributed by atoms with Crippen molar-refractivity contribution < 1.29 is 14.2 Å². The van der Waals surface area contributed by atoms with E-state index in [0.29, 0.717) is 29.0 Å². The Morgan fingerprint density at radius 2 is 1.68 bits per heavy atom. The molecule has 0 spiro atoms. The van der Waals surface area contributed by atoms with Crippen LogP contribution in [-0.2, 0) is 5.41 Å². The highest BCUT2D eigenvalue weighted by atomic mass is 35.5. The normalized spacial score (nSPS) is 17.4. The summed E-state index contributed by atoms with van der Waals surface area (Å²) in [5.41, 5.74) is 0.379. The molecular weight excluding hydrogens is 338 g/mol. The van der Waals surface area contributed by atoms with Gasteiger partial charge in [-0.05, 0) is 49.3 Å². The van der Waals surface area contributed by atoms with E-state index in [1.54, 1.807) is 21.3 Å².